The van der Waals surface area contributed by atoms with Gasteiger partial charge < -0.3 is 23.7 Å². The Morgan fingerprint density at radius 2 is 1.46 bits per heavy atom. The lowest BCUT2D eigenvalue weighted by atomic mass is 10.1. The maximum atomic E-state index is 12.3. The molecule has 1 fully saturated rings. The summed E-state index contributed by atoms with van der Waals surface area (Å²) >= 11 is 0. The molecular formula is C16H26O8. The monoisotopic (exact) mass is 346 g/mol. The van der Waals surface area contributed by atoms with Gasteiger partial charge in [0.15, 0.2) is 6.10 Å². The van der Waals surface area contributed by atoms with E-state index < -0.39 is 41.5 Å². The Hall–Kier alpha value is -1.67. The van der Waals surface area contributed by atoms with Crippen molar-refractivity contribution in [2.45, 2.75) is 71.6 Å². The number of esters is 3. The second kappa shape index (κ2) is 7.94. The predicted molar refractivity (Wildman–Crippen MR) is 81.9 cm³/mol. The first-order valence-corrected chi connectivity index (χ1v) is 8.04. The lowest BCUT2D eigenvalue weighted by Gasteiger charge is -2.24. The molecular weight excluding hydrogens is 320 g/mol. The van der Waals surface area contributed by atoms with Crippen molar-refractivity contribution in [2.75, 3.05) is 13.2 Å². The van der Waals surface area contributed by atoms with E-state index in [1.807, 2.05) is 0 Å². The van der Waals surface area contributed by atoms with E-state index in [1.165, 1.54) is 0 Å². The Morgan fingerprint density at radius 1 is 0.958 bits per heavy atom. The Morgan fingerprint density at radius 3 is 1.83 bits per heavy atom. The summed E-state index contributed by atoms with van der Waals surface area (Å²) in [5, 5.41) is 0. The zero-order valence-corrected chi connectivity index (χ0v) is 15.0. The van der Waals surface area contributed by atoms with Gasteiger partial charge in [0, 0.05) is 0 Å². The van der Waals surface area contributed by atoms with Gasteiger partial charge >= 0.3 is 23.7 Å². The number of rotatable bonds is 6. The third kappa shape index (κ3) is 4.45. The zero-order valence-electron chi connectivity index (χ0n) is 15.0. The molecule has 8 nitrogen and oxygen atoms in total. The van der Waals surface area contributed by atoms with Crippen LogP contribution in [0.2, 0.25) is 0 Å². The normalized spacial score (nSPS) is 22.8. The number of carbonyl (C=O) groups excluding carboxylic acids is 3. The molecule has 138 valence electrons. The third-order valence-corrected chi connectivity index (χ3v) is 3.08. The standard InChI is InChI=1S/C16H26O8/c1-7-10-11(12(17)24-15(4,5)6)23-16(22-10,13(18)20-8-2)14(19)21-9-3/h10-11H,7-9H2,1-6H3. The predicted octanol–water partition coefficient (Wildman–Crippen LogP) is 1.34. The van der Waals surface area contributed by atoms with Gasteiger partial charge in [0.1, 0.15) is 5.60 Å². The van der Waals surface area contributed by atoms with E-state index in [0.29, 0.717) is 6.42 Å². The quantitative estimate of drug-likeness (QED) is 0.404. The largest absolute Gasteiger partial charge is 0.462 e. The van der Waals surface area contributed by atoms with E-state index in [4.69, 9.17) is 23.7 Å². The Balaban J connectivity index is 3.12. The summed E-state index contributed by atoms with van der Waals surface area (Å²) < 4.78 is 26.0. The van der Waals surface area contributed by atoms with E-state index in [1.54, 1.807) is 41.5 Å². The van der Waals surface area contributed by atoms with Crippen LogP contribution in [0.3, 0.4) is 0 Å². The fourth-order valence-corrected chi connectivity index (χ4v) is 2.14. The molecule has 8 heteroatoms. The molecule has 1 aliphatic rings. The van der Waals surface area contributed by atoms with Gasteiger partial charge in [-0.05, 0) is 41.0 Å². The maximum absolute atomic E-state index is 12.3. The Labute approximate surface area is 141 Å². The molecule has 0 aromatic carbocycles. The average Bonchev–Trinajstić information content (AvgIpc) is 2.87. The average molecular weight is 346 g/mol. The first kappa shape index (κ1) is 20.4. The van der Waals surface area contributed by atoms with Crippen molar-refractivity contribution in [3.8, 4) is 0 Å². The van der Waals surface area contributed by atoms with Crippen molar-refractivity contribution in [1.82, 2.24) is 0 Å². The van der Waals surface area contributed by atoms with Crippen LogP contribution in [0.5, 0.6) is 0 Å². The molecule has 0 bridgehead atoms. The SMILES string of the molecule is CCOC(=O)C1(C(=O)OCC)OC(CC)C(C(=O)OC(C)(C)C)O1. The summed E-state index contributed by atoms with van der Waals surface area (Å²) in [4.78, 5) is 36.9. The van der Waals surface area contributed by atoms with Crippen molar-refractivity contribution in [1.29, 1.82) is 0 Å². The molecule has 0 aliphatic carbocycles. The summed E-state index contributed by atoms with van der Waals surface area (Å²) in [7, 11) is 0. The van der Waals surface area contributed by atoms with Gasteiger partial charge in [-0.25, -0.2) is 14.4 Å². The summed E-state index contributed by atoms with van der Waals surface area (Å²) in [5.74, 6) is -5.22. The first-order chi connectivity index (χ1) is 11.1. The Kier molecular flexibility index (Phi) is 6.74. The first-order valence-electron chi connectivity index (χ1n) is 8.04. The molecule has 1 aliphatic heterocycles. The number of hydrogen-bond donors (Lipinski definition) is 0. The van der Waals surface area contributed by atoms with Gasteiger partial charge in [-0.1, -0.05) is 6.92 Å². The summed E-state index contributed by atoms with van der Waals surface area (Å²) in [6.45, 7) is 10.0. The maximum Gasteiger partial charge on any atom is 0.379 e. The summed E-state index contributed by atoms with van der Waals surface area (Å²) in [5.41, 5.74) is -0.752. The molecule has 2 unspecified atom stereocenters. The Bertz CT molecular complexity index is 461. The highest BCUT2D eigenvalue weighted by molar-refractivity contribution is 6.02. The van der Waals surface area contributed by atoms with Crippen LogP contribution < -0.4 is 0 Å². The van der Waals surface area contributed by atoms with Crippen LogP contribution in [0.25, 0.3) is 0 Å². The van der Waals surface area contributed by atoms with Gasteiger partial charge in [0.25, 0.3) is 0 Å². The minimum atomic E-state index is -2.41. The zero-order chi connectivity index (χ0) is 18.5. The van der Waals surface area contributed by atoms with Crippen LogP contribution in [-0.4, -0.2) is 54.7 Å². The van der Waals surface area contributed by atoms with Crippen LogP contribution >= 0.6 is 0 Å². The second-order valence-corrected chi connectivity index (χ2v) is 6.19. The van der Waals surface area contributed by atoms with E-state index in [-0.39, 0.29) is 13.2 Å². The second-order valence-electron chi connectivity index (χ2n) is 6.19. The van der Waals surface area contributed by atoms with Crippen molar-refractivity contribution < 1.29 is 38.1 Å². The molecule has 0 aromatic rings. The molecule has 0 N–H and O–H groups in total. The minimum Gasteiger partial charge on any atom is -0.462 e. The van der Waals surface area contributed by atoms with Gasteiger partial charge in [-0.2, -0.15) is 0 Å². The molecule has 2 atom stereocenters. The molecule has 0 aromatic heterocycles. The smallest absolute Gasteiger partial charge is 0.379 e. The molecule has 0 spiro atoms. The number of hydrogen-bond acceptors (Lipinski definition) is 8. The molecule has 0 saturated carbocycles. The molecule has 0 radical (unpaired) electrons. The van der Waals surface area contributed by atoms with Gasteiger partial charge in [0.2, 0.25) is 0 Å². The summed E-state index contributed by atoms with van der Waals surface area (Å²) in [6, 6.07) is 0. The van der Waals surface area contributed by atoms with E-state index >= 15 is 0 Å². The van der Waals surface area contributed by atoms with Crippen LogP contribution in [0.15, 0.2) is 0 Å². The minimum absolute atomic E-state index is 0.0145. The van der Waals surface area contributed by atoms with E-state index in [9.17, 15) is 14.4 Å². The highest BCUT2D eigenvalue weighted by Gasteiger charge is 2.63. The van der Waals surface area contributed by atoms with Crippen LogP contribution in [0.4, 0.5) is 0 Å². The molecule has 24 heavy (non-hydrogen) atoms. The highest BCUT2D eigenvalue weighted by Crippen LogP contribution is 2.34. The topological polar surface area (TPSA) is 97.4 Å². The van der Waals surface area contributed by atoms with Gasteiger partial charge in [0.05, 0.1) is 19.3 Å². The van der Waals surface area contributed by atoms with Crippen LogP contribution in [-0.2, 0) is 38.1 Å². The van der Waals surface area contributed by atoms with Gasteiger partial charge in [-0.3, -0.25) is 0 Å². The lowest BCUT2D eigenvalue weighted by Crippen LogP contribution is -2.51. The van der Waals surface area contributed by atoms with Crippen molar-refractivity contribution in [2.24, 2.45) is 0 Å². The van der Waals surface area contributed by atoms with E-state index in [0.717, 1.165) is 0 Å². The van der Waals surface area contributed by atoms with Crippen molar-refractivity contribution >= 4 is 17.9 Å². The fraction of sp³-hybridized carbons (Fsp3) is 0.812. The lowest BCUT2D eigenvalue weighted by molar-refractivity contribution is -0.228. The molecule has 0 amide bonds. The molecule has 1 heterocycles. The summed E-state index contributed by atoms with van der Waals surface area (Å²) in [6.07, 6.45) is -1.75. The third-order valence-electron chi connectivity index (χ3n) is 3.08. The number of carbonyl (C=O) groups is 3. The highest BCUT2D eigenvalue weighted by atomic mass is 16.8. The van der Waals surface area contributed by atoms with Gasteiger partial charge in [-0.15, -0.1) is 0 Å². The van der Waals surface area contributed by atoms with Crippen molar-refractivity contribution in [3.05, 3.63) is 0 Å². The van der Waals surface area contributed by atoms with E-state index in [2.05, 4.69) is 0 Å². The molecule has 1 rings (SSSR count). The molecule has 1 saturated heterocycles. The van der Waals surface area contributed by atoms with Crippen molar-refractivity contribution in [3.63, 3.8) is 0 Å². The van der Waals surface area contributed by atoms with Crippen LogP contribution in [0.1, 0.15) is 48.0 Å². The fourth-order valence-electron chi connectivity index (χ4n) is 2.14. The van der Waals surface area contributed by atoms with Crippen LogP contribution in [0, 0.1) is 0 Å². The number of ether oxygens (including phenoxy) is 5.